The Hall–Kier alpha value is -3.38. The Kier molecular flexibility index (Phi) is 5.65. The SMILES string of the molecule is Cc1cc(C)c(Cn2c(C(=O)NS(=O)(=O)c3ccccc3)cc3cccc(C)c32)c(C)c1. The lowest BCUT2D eigenvalue weighted by Crippen LogP contribution is -2.32. The van der Waals surface area contributed by atoms with E-state index in [9.17, 15) is 13.2 Å². The molecule has 6 heteroatoms. The average Bonchev–Trinajstić information content (AvgIpc) is 3.11. The molecule has 0 fully saturated rings. The third kappa shape index (κ3) is 4.06. The van der Waals surface area contributed by atoms with Crippen LogP contribution in [0.5, 0.6) is 0 Å². The van der Waals surface area contributed by atoms with E-state index in [4.69, 9.17) is 0 Å². The number of nitrogens with one attached hydrogen (secondary N) is 1. The molecule has 0 unspecified atom stereocenters. The predicted octanol–water partition coefficient (Wildman–Crippen LogP) is 5.04. The fourth-order valence-corrected chi connectivity index (χ4v) is 5.30. The van der Waals surface area contributed by atoms with Gasteiger partial charge in [0.05, 0.1) is 10.4 Å². The summed E-state index contributed by atoms with van der Waals surface area (Å²) in [6, 6.07) is 19.8. The molecule has 1 amide bonds. The molecule has 164 valence electrons. The summed E-state index contributed by atoms with van der Waals surface area (Å²) in [5.74, 6) is -0.646. The molecule has 0 saturated carbocycles. The quantitative estimate of drug-likeness (QED) is 0.467. The summed E-state index contributed by atoms with van der Waals surface area (Å²) in [5.41, 5.74) is 6.85. The highest BCUT2D eigenvalue weighted by Gasteiger charge is 2.23. The second-order valence-corrected chi connectivity index (χ2v) is 9.94. The Labute approximate surface area is 188 Å². The Bertz CT molecular complexity index is 1410. The van der Waals surface area contributed by atoms with Crippen LogP contribution in [0.25, 0.3) is 10.9 Å². The molecule has 5 nitrogen and oxygen atoms in total. The van der Waals surface area contributed by atoms with Crippen molar-refractivity contribution in [2.75, 3.05) is 0 Å². The maximum Gasteiger partial charge on any atom is 0.281 e. The molecule has 0 bridgehead atoms. The molecule has 4 aromatic rings. The van der Waals surface area contributed by atoms with Crippen LogP contribution in [0.2, 0.25) is 0 Å². The largest absolute Gasteiger partial charge is 0.332 e. The van der Waals surface area contributed by atoms with Crippen LogP contribution in [0.4, 0.5) is 0 Å². The first-order chi connectivity index (χ1) is 15.2. The van der Waals surface area contributed by atoms with Crippen molar-refractivity contribution in [2.45, 2.75) is 39.1 Å². The zero-order chi connectivity index (χ0) is 23.0. The topological polar surface area (TPSA) is 68.2 Å². The summed E-state index contributed by atoms with van der Waals surface area (Å²) in [6.45, 7) is 8.66. The summed E-state index contributed by atoms with van der Waals surface area (Å²) >= 11 is 0. The minimum Gasteiger partial charge on any atom is -0.332 e. The molecule has 1 aromatic heterocycles. The van der Waals surface area contributed by atoms with Crippen LogP contribution in [0, 0.1) is 27.7 Å². The summed E-state index contributed by atoms with van der Waals surface area (Å²) < 4.78 is 29.7. The Balaban J connectivity index is 1.82. The number of benzene rings is 3. The molecule has 0 aliphatic heterocycles. The minimum absolute atomic E-state index is 0.0532. The first-order valence-electron chi connectivity index (χ1n) is 10.4. The Morgan fingerprint density at radius 3 is 2.16 bits per heavy atom. The molecule has 0 spiro atoms. The first-order valence-corrected chi connectivity index (χ1v) is 11.9. The smallest absolute Gasteiger partial charge is 0.281 e. The number of carbonyl (C=O) groups is 1. The standard InChI is InChI=1S/C26H26N2O3S/c1-17-13-19(3)23(20(4)14-17)16-28-24(15-21-10-8-9-18(2)25(21)28)26(29)27-32(30,31)22-11-6-5-7-12-22/h5-15H,16H2,1-4H3,(H,27,29). The van der Waals surface area contributed by atoms with E-state index in [0.29, 0.717) is 12.2 Å². The number of nitrogens with zero attached hydrogens (tertiary/aromatic N) is 1. The van der Waals surface area contributed by atoms with E-state index in [1.54, 1.807) is 24.3 Å². The van der Waals surface area contributed by atoms with E-state index in [0.717, 1.165) is 33.2 Å². The van der Waals surface area contributed by atoms with E-state index in [1.807, 2.05) is 29.7 Å². The van der Waals surface area contributed by atoms with Crippen molar-refractivity contribution < 1.29 is 13.2 Å². The summed E-state index contributed by atoms with van der Waals surface area (Å²) in [5, 5.41) is 0.898. The summed E-state index contributed by atoms with van der Waals surface area (Å²) in [4.78, 5) is 13.3. The molecular weight excluding hydrogens is 420 g/mol. The van der Waals surface area contributed by atoms with Crippen LogP contribution in [-0.4, -0.2) is 18.9 Å². The van der Waals surface area contributed by atoms with Crippen LogP contribution in [0.15, 0.2) is 71.6 Å². The summed E-state index contributed by atoms with van der Waals surface area (Å²) in [6.07, 6.45) is 0. The normalized spacial score (nSPS) is 11.6. The van der Waals surface area contributed by atoms with E-state index >= 15 is 0 Å². The number of aromatic nitrogens is 1. The molecular formula is C26H26N2O3S. The highest BCUT2D eigenvalue weighted by molar-refractivity contribution is 7.90. The van der Waals surface area contributed by atoms with Gasteiger partial charge in [0, 0.05) is 11.9 Å². The highest BCUT2D eigenvalue weighted by atomic mass is 32.2. The third-order valence-corrected chi connectivity index (χ3v) is 7.14. The van der Waals surface area contributed by atoms with Gasteiger partial charge < -0.3 is 4.57 Å². The van der Waals surface area contributed by atoms with Crippen molar-refractivity contribution in [1.82, 2.24) is 9.29 Å². The molecule has 0 aliphatic rings. The van der Waals surface area contributed by atoms with Crippen LogP contribution in [0.1, 0.15) is 38.3 Å². The number of rotatable bonds is 5. The van der Waals surface area contributed by atoms with Crippen molar-refractivity contribution in [2.24, 2.45) is 0 Å². The van der Waals surface area contributed by atoms with Crippen molar-refractivity contribution in [3.8, 4) is 0 Å². The van der Waals surface area contributed by atoms with Crippen molar-refractivity contribution in [3.63, 3.8) is 0 Å². The van der Waals surface area contributed by atoms with Crippen molar-refractivity contribution in [3.05, 3.63) is 100 Å². The number of hydrogen-bond acceptors (Lipinski definition) is 3. The highest BCUT2D eigenvalue weighted by Crippen LogP contribution is 2.27. The van der Waals surface area contributed by atoms with Gasteiger partial charge in [-0.1, -0.05) is 54.1 Å². The maximum absolute atomic E-state index is 13.2. The lowest BCUT2D eigenvalue weighted by molar-refractivity contribution is 0.0973. The van der Waals surface area contributed by atoms with Crippen LogP contribution in [-0.2, 0) is 16.6 Å². The number of hydrogen-bond donors (Lipinski definition) is 1. The zero-order valence-electron chi connectivity index (χ0n) is 18.6. The van der Waals surface area contributed by atoms with Gasteiger partial charge in [-0.05, 0) is 68.1 Å². The monoisotopic (exact) mass is 446 g/mol. The van der Waals surface area contributed by atoms with Gasteiger partial charge in [-0.25, -0.2) is 13.1 Å². The molecule has 3 aromatic carbocycles. The van der Waals surface area contributed by atoms with Gasteiger partial charge in [-0.15, -0.1) is 0 Å². The van der Waals surface area contributed by atoms with Crippen LogP contribution in [0.3, 0.4) is 0 Å². The molecule has 0 radical (unpaired) electrons. The predicted molar refractivity (Wildman–Crippen MR) is 128 cm³/mol. The van der Waals surface area contributed by atoms with Crippen molar-refractivity contribution >= 4 is 26.8 Å². The Morgan fingerprint density at radius 1 is 0.844 bits per heavy atom. The second-order valence-electron chi connectivity index (χ2n) is 8.25. The fraction of sp³-hybridized carbons (Fsp3) is 0.192. The zero-order valence-corrected chi connectivity index (χ0v) is 19.5. The summed E-state index contributed by atoms with van der Waals surface area (Å²) in [7, 11) is -3.98. The lowest BCUT2D eigenvalue weighted by Gasteiger charge is -2.17. The molecule has 0 atom stereocenters. The van der Waals surface area contributed by atoms with E-state index < -0.39 is 15.9 Å². The maximum atomic E-state index is 13.2. The number of fused-ring (bicyclic) bond motifs is 1. The van der Waals surface area contributed by atoms with Gasteiger partial charge in [0.1, 0.15) is 5.69 Å². The van der Waals surface area contributed by atoms with Crippen LogP contribution < -0.4 is 4.72 Å². The Morgan fingerprint density at radius 2 is 1.50 bits per heavy atom. The van der Waals surface area contributed by atoms with E-state index in [2.05, 4.69) is 37.6 Å². The van der Waals surface area contributed by atoms with Gasteiger partial charge in [0.2, 0.25) is 0 Å². The minimum atomic E-state index is -3.98. The van der Waals surface area contributed by atoms with Gasteiger partial charge in [0.15, 0.2) is 0 Å². The van der Waals surface area contributed by atoms with Crippen molar-refractivity contribution in [1.29, 1.82) is 0 Å². The fourth-order valence-electron chi connectivity index (χ4n) is 4.32. The molecule has 32 heavy (non-hydrogen) atoms. The third-order valence-electron chi connectivity index (χ3n) is 5.79. The van der Waals surface area contributed by atoms with Gasteiger partial charge >= 0.3 is 0 Å². The molecule has 0 aliphatic carbocycles. The second kappa shape index (κ2) is 8.28. The van der Waals surface area contributed by atoms with E-state index in [1.165, 1.54) is 17.7 Å². The number of carbonyl (C=O) groups excluding carboxylic acids is 1. The lowest BCUT2D eigenvalue weighted by atomic mass is 9.99. The molecule has 4 rings (SSSR count). The molecule has 0 saturated heterocycles. The molecule has 1 N–H and O–H groups in total. The number of para-hydroxylation sites is 1. The van der Waals surface area contributed by atoms with E-state index in [-0.39, 0.29) is 4.90 Å². The van der Waals surface area contributed by atoms with Gasteiger partial charge in [-0.2, -0.15) is 0 Å². The number of amides is 1. The number of aryl methyl sites for hydroxylation is 4. The molecule has 1 heterocycles. The average molecular weight is 447 g/mol. The van der Waals surface area contributed by atoms with Gasteiger partial charge in [0.25, 0.3) is 15.9 Å². The van der Waals surface area contributed by atoms with Gasteiger partial charge in [-0.3, -0.25) is 4.79 Å². The van der Waals surface area contributed by atoms with Crippen LogP contribution >= 0.6 is 0 Å². The number of sulfonamides is 1. The first kappa shape index (κ1) is 21.8.